The highest BCUT2D eigenvalue weighted by Gasteiger charge is 2.21. The van der Waals surface area contributed by atoms with E-state index in [0.29, 0.717) is 0 Å². The molecule has 0 heterocycles. The number of hydrogen-bond acceptors (Lipinski definition) is 2. The zero-order valence-electron chi connectivity index (χ0n) is 24.8. The minimum Gasteiger partial charge on any atom is -0.310 e. The highest BCUT2D eigenvalue weighted by Crippen LogP contribution is 2.45. The topological polar surface area (TPSA) is 6.48 Å². The Morgan fingerprint density at radius 2 is 0.738 bits per heavy atom. The summed E-state index contributed by atoms with van der Waals surface area (Å²) in [4.78, 5) is 4.76. The normalized spacial score (nSPS) is 10.9. The first-order chi connectivity index (χ1) is 20.5. The van der Waals surface area contributed by atoms with Crippen LogP contribution in [-0.2, 0) is 0 Å². The Balaban J connectivity index is 1.65. The van der Waals surface area contributed by atoms with Crippen LogP contribution in [0.15, 0.2) is 146 Å². The summed E-state index contributed by atoms with van der Waals surface area (Å²) in [6, 6.07) is 52.6. The van der Waals surface area contributed by atoms with E-state index in [0.717, 1.165) is 34.1 Å². The van der Waals surface area contributed by atoms with Crippen LogP contribution in [0.25, 0.3) is 11.1 Å². The molecule has 0 unspecified atom stereocenters. The van der Waals surface area contributed by atoms with Gasteiger partial charge >= 0.3 is 0 Å². The van der Waals surface area contributed by atoms with Gasteiger partial charge in [-0.15, -0.1) is 0 Å². The first-order valence-electron chi connectivity index (χ1n) is 14.5. The fraction of sp³-hybridized carbons (Fsp3) is 0.100. The molecule has 0 aliphatic carbocycles. The van der Waals surface area contributed by atoms with Crippen molar-refractivity contribution in [2.45, 2.75) is 27.7 Å². The molecule has 0 fully saturated rings. The molecule has 6 rings (SSSR count). The van der Waals surface area contributed by atoms with Crippen LogP contribution in [0.3, 0.4) is 0 Å². The summed E-state index contributed by atoms with van der Waals surface area (Å²) >= 11 is 0. The van der Waals surface area contributed by atoms with Crippen molar-refractivity contribution < 1.29 is 0 Å². The van der Waals surface area contributed by atoms with E-state index in [-0.39, 0.29) is 0 Å². The molecule has 0 amide bonds. The van der Waals surface area contributed by atoms with E-state index in [9.17, 15) is 0 Å². The molecule has 6 aromatic rings. The average Bonchev–Trinajstić information content (AvgIpc) is 2.98. The molecule has 0 N–H and O–H groups in total. The largest absolute Gasteiger partial charge is 0.310 e. The smallest absolute Gasteiger partial charge is 0.0560 e. The third-order valence-corrected chi connectivity index (χ3v) is 7.60. The Hall–Kier alpha value is -5.08. The summed E-state index contributed by atoms with van der Waals surface area (Å²) in [6.45, 7) is 8.62. The minimum absolute atomic E-state index is 1.10. The van der Waals surface area contributed by atoms with Gasteiger partial charge in [0.05, 0.1) is 5.69 Å². The van der Waals surface area contributed by atoms with E-state index in [1.807, 2.05) is 0 Å². The van der Waals surface area contributed by atoms with Gasteiger partial charge in [-0.05, 0) is 116 Å². The molecule has 0 aliphatic rings. The van der Waals surface area contributed by atoms with Gasteiger partial charge in [0.2, 0.25) is 0 Å². The Labute approximate surface area is 250 Å². The molecule has 2 heteroatoms. The number of aryl methyl sites for hydroxylation is 4. The molecule has 6 aromatic carbocycles. The van der Waals surface area contributed by atoms with E-state index in [2.05, 4.69) is 183 Å². The van der Waals surface area contributed by atoms with Gasteiger partial charge in [-0.2, -0.15) is 0 Å². The van der Waals surface area contributed by atoms with Gasteiger partial charge in [-0.25, -0.2) is 0 Å². The van der Waals surface area contributed by atoms with Crippen LogP contribution in [0.5, 0.6) is 0 Å². The highest BCUT2D eigenvalue weighted by atomic mass is 15.2. The van der Waals surface area contributed by atoms with E-state index in [1.54, 1.807) is 0 Å². The molecular formula is C40H36N2. The molecule has 2 nitrogen and oxygen atoms in total. The summed E-state index contributed by atoms with van der Waals surface area (Å²) in [5, 5.41) is 0. The summed E-state index contributed by atoms with van der Waals surface area (Å²) in [6.07, 6.45) is 0. The molecule has 0 bridgehead atoms. The predicted octanol–water partition coefficient (Wildman–Crippen LogP) is 11.5. The van der Waals surface area contributed by atoms with Gasteiger partial charge in [0.25, 0.3) is 0 Å². The zero-order valence-corrected chi connectivity index (χ0v) is 24.8. The number of benzene rings is 6. The van der Waals surface area contributed by atoms with Gasteiger partial charge in [-0.1, -0.05) is 84.9 Å². The molecular weight excluding hydrogens is 508 g/mol. The minimum atomic E-state index is 1.10. The molecule has 42 heavy (non-hydrogen) atoms. The molecule has 0 aromatic heterocycles. The zero-order chi connectivity index (χ0) is 29.1. The second kappa shape index (κ2) is 11.8. The maximum absolute atomic E-state index is 2.40. The predicted molar refractivity (Wildman–Crippen MR) is 180 cm³/mol. The van der Waals surface area contributed by atoms with Gasteiger partial charge in [0.15, 0.2) is 0 Å². The average molecular weight is 545 g/mol. The Morgan fingerprint density at radius 3 is 1.17 bits per heavy atom. The lowest BCUT2D eigenvalue weighted by atomic mass is 10.00. The molecule has 206 valence electrons. The van der Waals surface area contributed by atoms with Crippen LogP contribution in [0.2, 0.25) is 0 Å². The van der Waals surface area contributed by atoms with E-state index < -0.39 is 0 Å². The third kappa shape index (κ3) is 5.70. The van der Waals surface area contributed by atoms with Crippen LogP contribution in [0.1, 0.15) is 22.3 Å². The first kappa shape index (κ1) is 27.1. The molecule has 0 spiro atoms. The van der Waals surface area contributed by atoms with Crippen LogP contribution in [0, 0.1) is 27.7 Å². The maximum Gasteiger partial charge on any atom is 0.0560 e. The molecule has 0 atom stereocenters. The van der Waals surface area contributed by atoms with Crippen molar-refractivity contribution in [1.82, 2.24) is 0 Å². The van der Waals surface area contributed by atoms with E-state index >= 15 is 0 Å². The second-order valence-electron chi connectivity index (χ2n) is 11.1. The lowest BCUT2D eigenvalue weighted by molar-refractivity contribution is 1.23. The Kier molecular flexibility index (Phi) is 7.62. The number of rotatable bonds is 7. The lowest BCUT2D eigenvalue weighted by Gasteiger charge is -2.31. The summed E-state index contributed by atoms with van der Waals surface area (Å²) in [7, 11) is 0. The van der Waals surface area contributed by atoms with Crippen molar-refractivity contribution in [3.8, 4) is 11.1 Å². The van der Waals surface area contributed by atoms with Crippen LogP contribution >= 0.6 is 0 Å². The fourth-order valence-corrected chi connectivity index (χ4v) is 5.65. The van der Waals surface area contributed by atoms with Crippen molar-refractivity contribution in [2.24, 2.45) is 0 Å². The molecule has 0 radical (unpaired) electrons. The third-order valence-electron chi connectivity index (χ3n) is 7.60. The van der Waals surface area contributed by atoms with Crippen molar-refractivity contribution >= 4 is 34.1 Å². The quantitative estimate of drug-likeness (QED) is 0.197. The standard InChI is InChI=1S/C40H36N2/c1-29-12-8-18-34(24-29)41(35-19-9-13-30(2)25-35)38-22-23-39(33-16-6-5-7-17-33)40(28-38)42(36-20-10-14-31(3)26-36)37-21-11-15-32(4)27-37/h5-28H,1-4H3. The molecule has 0 saturated carbocycles. The van der Waals surface area contributed by atoms with Crippen molar-refractivity contribution in [2.75, 3.05) is 9.80 Å². The first-order valence-corrected chi connectivity index (χ1v) is 14.5. The number of anilines is 6. The van der Waals surface area contributed by atoms with Crippen LogP contribution in [-0.4, -0.2) is 0 Å². The van der Waals surface area contributed by atoms with Gasteiger partial charge in [0, 0.05) is 34.0 Å². The molecule has 0 aliphatic heterocycles. The molecule has 0 saturated heterocycles. The lowest BCUT2D eigenvalue weighted by Crippen LogP contribution is -2.14. The summed E-state index contributed by atoms with van der Waals surface area (Å²) < 4.78 is 0. The number of nitrogens with zero attached hydrogens (tertiary/aromatic N) is 2. The number of hydrogen-bond donors (Lipinski definition) is 0. The van der Waals surface area contributed by atoms with Crippen molar-refractivity contribution in [1.29, 1.82) is 0 Å². The monoisotopic (exact) mass is 544 g/mol. The van der Waals surface area contributed by atoms with E-state index in [4.69, 9.17) is 0 Å². The van der Waals surface area contributed by atoms with Gasteiger partial charge in [0.1, 0.15) is 0 Å². The van der Waals surface area contributed by atoms with E-state index in [1.165, 1.54) is 33.4 Å². The Morgan fingerprint density at radius 1 is 0.333 bits per heavy atom. The van der Waals surface area contributed by atoms with Crippen molar-refractivity contribution in [3.63, 3.8) is 0 Å². The maximum atomic E-state index is 2.40. The fourth-order valence-electron chi connectivity index (χ4n) is 5.65. The van der Waals surface area contributed by atoms with Crippen LogP contribution in [0.4, 0.5) is 34.1 Å². The van der Waals surface area contributed by atoms with Gasteiger partial charge in [-0.3, -0.25) is 0 Å². The summed E-state index contributed by atoms with van der Waals surface area (Å²) in [5.41, 5.74) is 14.0. The van der Waals surface area contributed by atoms with Crippen molar-refractivity contribution in [3.05, 3.63) is 168 Å². The Bertz CT molecular complexity index is 1750. The highest BCUT2D eigenvalue weighted by molar-refractivity contribution is 5.92. The SMILES string of the molecule is Cc1cccc(N(c2cccc(C)c2)c2ccc(-c3ccccc3)c(N(c3cccc(C)c3)c3cccc(C)c3)c2)c1. The van der Waals surface area contributed by atoms with Crippen LogP contribution < -0.4 is 9.80 Å². The summed E-state index contributed by atoms with van der Waals surface area (Å²) in [5.74, 6) is 0. The van der Waals surface area contributed by atoms with Gasteiger partial charge < -0.3 is 9.80 Å². The second-order valence-corrected chi connectivity index (χ2v) is 11.1.